The van der Waals surface area contributed by atoms with E-state index in [2.05, 4.69) is 30.0 Å². The summed E-state index contributed by atoms with van der Waals surface area (Å²) in [6.07, 6.45) is 3.42. The summed E-state index contributed by atoms with van der Waals surface area (Å²) in [4.78, 5) is 45.0. The molecule has 0 bridgehead atoms. The van der Waals surface area contributed by atoms with Crippen molar-refractivity contribution in [2.75, 3.05) is 23.4 Å². The highest BCUT2D eigenvalue weighted by molar-refractivity contribution is 7.22. The van der Waals surface area contributed by atoms with Gasteiger partial charge in [0.05, 0.1) is 16.8 Å². The molecule has 0 fully saturated rings. The average molecular weight is 673 g/mol. The Morgan fingerprint density at radius 3 is 2.67 bits per heavy atom. The van der Waals surface area contributed by atoms with Crippen molar-refractivity contribution in [3.63, 3.8) is 0 Å². The monoisotopic (exact) mass is 672 g/mol. The van der Waals surface area contributed by atoms with E-state index in [-0.39, 0.29) is 11.6 Å². The maximum absolute atomic E-state index is 13.4. The van der Waals surface area contributed by atoms with Crippen molar-refractivity contribution < 1.29 is 19.4 Å². The summed E-state index contributed by atoms with van der Waals surface area (Å²) in [5.41, 5.74) is 5.11. The number of ether oxygens (including phenoxy) is 1. The maximum Gasteiger partial charge on any atom is 0.355 e. The van der Waals surface area contributed by atoms with E-state index in [1.807, 2.05) is 72.8 Å². The number of aromatic carboxylic acids is 1. The summed E-state index contributed by atoms with van der Waals surface area (Å²) in [6, 6.07) is 24.7. The highest BCUT2D eigenvalue weighted by Gasteiger charge is 2.26. The minimum Gasteiger partial charge on any atom is -0.494 e. The van der Waals surface area contributed by atoms with Crippen LogP contribution in [0.25, 0.3) is 26.2 Å². The first kappa shape index (κ1) is 31.0. The summed E-state index contributed by atoms with van der Waals surface area (Å²) in [6.45, 7) is 8.85. The molecule has 2 N–H and O–H groups in total. The van der Waals surface area contributed by atoms with Crippen LogP contribution < -0.4 is 15.0 Å². The fraction of sp³-hybridized carbons (Fsp3) is 0.167. The molecule has 10 nitrogen and oxygen atoms in total. The van der Waals surface area contributed by atoms with Crippen molar-refractivity contribution in [3.05, 3.63) is 124 Å². The smallest absolute Gasteiger partial charge is 0.355 e. The first-order valence-corrected chi connectivity index (χ1v) is 16.9. The predicted octanol–water partition coefficient (Wildman–Crippen LogP) is 7.89. The van der Waals surface area contributed by atoms with E-state index < -0.39 is 5.97 Å². The molecule has 12 heteroatoms. The second-order valence-electron chi connectivity index (χ2n) is 11.1. The SMILES string of the molecule is [C-]#[N+]c1ncccc1-c1ccc(OCCCc2sc(N3CCc4cccc(C(=O)Nc5nc6ccccc6s5)c4C3)nc2C(=O)O)cc1. The molecule has 7 rings (SSSR count). The molecule has 4 heterocycles. The van der Waals surface area contributed by atoms with Crippen molar-refractivity contribution in [2.45, 2.75) is 25.8 Å². The Labute approximate surface area is 284 Å². The first-order valence-electron chi connectivity index (χ1n) is 15.3. The van der Waals surface area contributed by atoms with E-state index in [1.165, 1.54) is 22.7 Å². The van der Waals surface area contributed by atoms with Crippen LogP contribution in [-0.4, -0.2) is 45.1 Å². The molecule has 0 aliphatic carbocycles. The fourth-order valence-electron chi connectivity index (χ4n) is 5.72. The van der Waals surface area contributed by atoms with E-state index >= 15 is 0 Å². The lowest BCUT2D eigenvalue weighted by atomic mass is 9.94. The summed E-state index contributed by atoms with van der Waals surface area (Å²) in [5, 5.41) is 14.1. The summed E-state index contributed by atoms with van der Waals surface area (Å²) in [7, 11) is 0. The third-order valence-corrected chi connectivity index (χ3v) is 10.2. The zero-order chi connectivity index (χ0) is 33.0. The number of aryl methyl sites for hydroxylation is 1. The topological polar surface area (TPSA) is 122 Å². The van der Waals surface area contributed by atoms with Crippen LogP contribution in [0.3, 0.4) is 0 Å². The van der Waals surface area contributed by atoms with Gasteiger partial charge in [-0.3, -0.25) is 10.1 Å². The molecular weight excluding hydrogens is 645 g/mol. The molecule has 48 heavy (non-hydrogen) atoms. The second kappa shape index (κ2) is 13.6. The lowest BCUT2D eigenvalue weighted by Crippen LogP contribution is -2.32. The van der Waals surface area contributed by atoms with Gasteiger partial charge in [-0.1, -0.05) is 60.4 Å². The molecule has 238 valence electrons. The Morgan fingerprint density at radius 2 is 1.85 bits per heavy atom. The minimum atomic E-state index is -1.06. The Kier molecular flexibility index (Phi) is 8.78. The molecule has 3 aromatic carbocycles. The van der Waals surface area contributed by atoms with E-state index in [1.54, 1.807) is 12.3 Å². The quantitative estimate of drug-likeness (QED) is 0.111. The van der Waals surface area contributed by atoms with Gasteiger partial charge >= 0.3 is 5.97 Å². The molecule has 0 saturated carbocycles. The number of hydrogen-bond donors (Lipinski definition) is 2. The van der Waals surface area contributed by atoms with Gasteiger partial charge in [0.2, 0.25) is 0 Å². The number of thiazole rings is 2. The van der Waals surface area contributed by atoms with Crippen LogP contribution >= 0.6 is 22.7 Å². The number of carbonyl (C=O) groups excluding carboxylic acids is 1. The standard InChI is InChI=1S/C36H28N6O4S2/c1-37-32-25(9-5-18-38-32)23-13-15-24(16-14-23)46-20-6-12-30-31(34(44)45)40-36(48-30)42-19-17-22-7-4-8-26(27(22)21-42)33(43)41-35-39-28-10-2-3-11-29(28)47-35/h2-5,7-11,13-16,18H,6,12,17,19-21H2,(H,44,45)(H,39,41,43). The van der Waals surface area contributed by atoms with Gasteiger partial charge in [-0.2, -0.15) is 0 Å². The molecule has 1 amide bonds. The van der Waals surface area contributed by atoms with Crippen molar-refractivity contribution >= 4 is 60.8 Å². The number of nitrogens with zero attached hydrogens (tertiary/aromatic N) is 5. The number of hydrogen-bond acceptors (Lipinski definition) is 9. The van der Waals surface area contributed by atoms with Crippen LogP contribution in [0.2, 0.25) is 0 Å². The van der Waals surface area contributed by atoms with Gasteiger partial charge < -0.3 is 19.6 Å². The minimum absolute atomic E-state index is 0.0547. The van der Waals surface area contributed by atoms with E-state index in [0.29, 0.717) is 71.2 Å². The average Bonchev–Trinajstić information content (AvgIpc) is 3.74. The highest BCUT2D eigenvalue weighted by atomic mass is 32.1. The zero-order valence-corrected chi connectivity index (χ0v) is 27.2. The highest BCUT2D eigenvalue weighted by Crippen LogP contribution is 2.34. The van der Waals surface area contributed by atoms with Crippen LogP contribution in [0.5, 0.6) is 5.75 Å². The van der Waals surface area contributed by atoms with Crippen LogP contribution in [0.1, 0.15) is 43.3 Å². The van der Waals surface area contributed by atoms with E-state index in [0.717, 1.165) is 32.5 Å². The van der Waals surface area contributed by atoms with Gasteiger partial charge in [0.15, 0.2) is 16.0 Å². The Bertz CT molecular complexity index is 2150. The molecule has 3 aromatic heterocycles. The summed E-state index contributed by atoms with van der Waals surface area (Å²) in [5.74, 6) is -0.250. The van der Waals surface area contributed by atoms with Crippen LogP contribution in [-0.2, 0) is 19.4 Å². The number of fused-ring (bicyclic) bond motifs is 2. The third kappa shape index (κ3) is 6.46. The van der Waals surface area contributed by atoms with Crippen molar-refractivity contribution in [1.82, 2.24) is 15.0 Å². The number of anilines is 2. The lowest BCUT2D eigenvalue weighted by Gasteiger charge is -2.29. The van der Waals surface area contributed by atoms with Gasteiger partial charge in [-0.25, -0.2) is 14.8 Å². The number of amides is 1. The number of aromatic nitrogens is 3. The van der Waals surface area contributed by atoms with Crippen molar-refractivity contribution in [3.8, 4) is 16.9 Å². The third-order valence-electron chi connectivity index (χ3n) is 8.07. The number of carboxylic acid groups (broad SMARTS) is 1. The molecule has 0 atom stereocenters. The van der Waals surface area contributed by atoms with Crippen LogP contribution in [0.15, 0.2) is 85.1 Å². The molecule has 0 radical (unpaired) electrons. The molecule has 1 aliphatic heterocycles. The van der Waals surface area contributed by atoms with E-state index in [4.69, 9.17) is 11.3 Å². The normalized spacial score (nSPS) is 12.4. The van der Waals surface area contributed by atoms with Gasteiger partial charge in [0, 0.05) is 29.1 Å². The largest absolute Gasteiger partial charge is 0.494 e. The molecule has 6 aromatic rings. The van der Waals surface area contributed by atoms with Gasteiger partial charge in [-0.05, 0) is 72.4 Å². The van der Waals surface area contributed by atoms with Crippen molar-refractivity contribution in [2.24, 2.45) is 0 Å². The molecule has 0 saturated heterocycles. The van der Waals surface area contributed by atoms with E-state index in [9.17, 15) is 14.7 Å². The second-order valence-corrected chi connectivity index (χ2v) is 13.2. The Morgan fingerprint density at radius 1 is 1.00 bits per heavy atom. The maximum atomic E-state index is 13.4. The predicted molar refractivity (Wildman–Crippen MR) is 188 cm³/mol. The number of para-hydroxylation sites is 1. The number of carboxylic acids is 1. The summed E-state index contributed by atoms with van der Waals surface area (Å²) >= 11 is 2.81. The molecular formula is C36H28N6O4S2. The fourth-order valence-corrected chi connectivity index (χ4v) is 7.70. The number of benzene rings is 3. The number of nitrogens with one attached hydrogen (secondary N) is 1. The Balaban J connectivity index is 1.00. The zero-order valence-electron chi connectivity index (χ0n) is 25.6. The number of carbonyl (C=O) groups is 2. The lowest BCUT2D eigenvalue weighted by molar-refractivity contribution is 0.0690. The molecule has 0 spiro atoms. The van der Waals surface area contributed by atoms with Gasteiger partial charge in [0.25, 0.3) is 11.7 Å². The van der Waals surface area contributed by atoms with Gasteiger partial charge in [-0.15, -0.1) is 16.3 Å². The first-order chi connectivity index (χ1) is 23.5. The Hall–Kier alpha value is -5.64. The molecule has 0 unspecified atom stereocenters. The van der Waals surface area contributed by atoms with Gasteiger partial charge in [0.1, 0.15) is 11.9 Å². The molecule has 1 aliphatic rings. The van der Waals surface area contributed by atoms with Crippen LogP contribution in [0.4, 0.5) is 16.1 Å². The van der Waals surface area contributed by atoms with Crippen molar-refractivity contribution in [1.29, 1.82) is 0 Å². The number of pyridine rings is 1. The number of rotatable bonds is 10. The van der Waals surface area contributed by atoms with Crippen LogP contribution in [0, 0.1) is 6.57 Å². The summed E-state index contributed by atoms with van der Waals surface area (Å²) < 4.78 is 6.94.